The Labute approximate surface area is 128 Å². The lowest BCUT2D eigenvalue weighted by atomic mass is 9.80. The molecule has 19 heavy (non-hydrogen) atoms. The van der Waals surface area contributed by atoms with Crippen LogP contribution in [0.3, 0.4) is 0 Å². The standard InChI is InChI=1S/C16H31BrN2/c1-5-8-16(13-17,9-6-2)14-19(11-7-10-18)12-15(3)4/h15H,5-9,11-14H2,1-4H3. The number of rotatable bonds is 11. The largest absolute Gasteiger partial charge is 0.301 e. The summed E-state index contributed by atoms with van der Waals surface area (Å²) in [7, 11) is 0. The van der Waals surface area contributed by atoms with Crippen molar-refractivity contribution in [1.82, 2.24) is 4.90 Å². The first-order valence-corrected chi connectivity index (χ1v) is 8.81. The average molecular weight is 331 g/mol. The Hall–Kier alpha value is -0.0700. The van der Waals surface area contributed by atoms with Gasteiger partial charge in [0.25, 0.3) is 0 Å². The van der Waals surface area contributed by atoms with E-state index in [2.05, 4.69) is 54.6 Å². The van der Waals surface area contributed by atoms with Gasteiger partial charge >= 0.3 is 0 Å². The second-order valence-corrected chi connectivity index (χ2v) is 6.73. The molecule has 0 bridgehead atoms. The van der Waals surface area contributed by atoms with Crippen molar-refractivity contribution in [2.24, 2.45) is 11.3 Å². The molecular formula is C16H31BrN2. The normalized spacial score (nSPS) is 12.1. The molecule has 0 aromatic rings. The molecule has 0 aliphatic carbocycles. The van der Waals surface area contributed by atoms with Crippen molar-refractivity contribution in [2.75, 3.05) is 25.0 Å². The lowest BCUT2D eigenvalue weighted by Gasteiger charge is -2.38. The zero-order valence-electron chi connectivity index (χ0n) is 13.2. The third-order valence-electron chi connectivity index (χ3n) is 3.57. The van der Waals surface area contributed by atoms with Crippen LogP contribution in [-0.4, -0.2) is 29.9 Å². The van der Waals surface area contributed by atoms with Gasteiger partial charge in [0.1, 0.15) is 0 Å². The highest BCUT2D eigenvalue weighted by Gasteiger charge is 2.29. The first kappa shape index (κ1) is 18.9. The number of hydrogen-bond donors (Lipinski definition) is 0. The molecule has 0 unspecified atom stereocenters. The topological polar surface area (TPSA) is 27.0 Å². The zero-order chi connectivity index (χ0) is 14.7. The lowest BCUT2D eigenvalue weighted by molar-refractivity contribution is 0.137. The van der Waals surface area contributed by atoms with Crippen LogP contribution in [0.1, 0.15) is 59.8 Å². The summed E-state index contributed by atoms with van der Waals surface area (Å²) >= 11 is 3.75. The zero-order valence-corrected chi connectivity index (χ0v) is 14.8. The fourth-order valence-corrected chi connectivity index (χ4v) is 3.69. The quantitative estimate of drug-likeness (QED) is 0.507. The number of hydrogen-bond acceptors (Lipinski definition) is 2. The van der Waals surface area contributed by atoms with Crippen LogP contribution in [0.4, 0.5) is 0 Å². The first-order chi connectivity index (χ1) is 9.03. The molecule has 0 aromatic heterocycles. The van der Waals surface area contributed by atoms with E-state index in [0.717, 1.165) is 25.0 Å². The van der Waals surface area contributed by atoms with Gasteiger partial charge in [0.05, 0.1) is 6.07 Å². The minimum atomic E-state index is 0.383. The second kappa shape index (κ2) is 10.7. The van der Waals surface area contributed by atoms with Crippen LogP contribution in [0.5, 0.6) is 0 Å². The molecular weight excluding hydrogens is 300 g/mol. The summed E-state index contributed by atoms with van der Waals surface area (Å²) in [4.78, 5) is 2.50. The molecule has 0 aliphatic heterocycles. The Balaban J connectivity index is 4.73. The van der Waals surface area contributed by atoms with E-state index in [-0.39, 0.29) is 0 Å². The lowest BCUT2D eigenvalue weighted by Crippen LogP contribution is -2.41. The maximum atomic E-state index is 8.83. The average Bonchev–Trinajstić information content (AvgIpc) is 2.35. The third-order valence-corrected chi connectivity index (χ3v) is 4.76. The molecule has 112 valence electrons. The van der Waals surface area contributed by atoms with Gasteiger partial charge in [0.15, 0.2) is 0 Å². The summed E-state index contributed by atoms with van der Waals surface area (Å²) in [5.41, 5.74) is 0.383. The maximum absolute atomic E-state index is 8.83. The van der Waals surface area contributed by atoms with Crippen molar-refractivity contribution in [3.63, 3.8) is 0 Å². The summed E-state index contributed by atoms with van der Waals surface area (Å²) in [6, 6.07) is 2.29. The summed E-state index contributed by atoms with van der Waals surface area (Å²) < 4.78 is 0. The van der Waals surface area contributed by atoms with Crippen molar-refractivity contribution in [2.45, 2.75) is 59.8 Å². The van der Waals surface area contributed by atoms with Crippen molar-refractivity contribution >= 4 is 15.9 Å². The van der Waals surface area contributed by atoms with E-state index in [1.165, 1.54) is 25.7 Å². The minimum absolute atomic E-state index is 0.383. The van der Waals surface area contributed by atoms with Crippen molar-refractivity contribution in [1.29, 1.82) is 5.26 Å². The molecule has 3 heteroatoms. The Kier molecular flexibility index (Phi) is 10.6. The van der Waals surface area contributed by atoms with Crippen molar-refractivity contribution in [3.05, 3.63) is 0 Å². The monoisotopic (exact) mass is 330 g/mol. The fraction of sp³-hybridized carbons (Fsp3) is 0.938. The van der Waals surface area contributed by atoms with Crippen molar-refractivity contribution in [3.8, 4) is 6.07 Å². The Morgan fingerprint density at radius 2 is 1.79 bits per heavy atom. The third kappa shape index (κ3) is 7.95. The molecule has 0 amide bonds. The van der Waals surface area contributed by atoms with Crippen LogP contribution >= 0.6 is 15.9 Å². The van der Waals surface area contributed by atoms with Gasteiger partial charge in [-0.05, 0) is 24.2 Å². The molecule has 0 spiro atoms. The second-order valence-electron chi connectivity index (χ2n) is 6.17. The molecule has 0 N–H and O–H groups in total. The van der Waals surface area contributed by atoms with Crippen LogP contribution in [0, 0.1) is 22.7 Å². The summed E-state index contributed by atoms with van der Waals surface area (Å²) in [5, 5.41) is 9.90. The van der Waals surface area contributed by atoms with Gasteiger partial charge in [-0.15, -0.1) is 0 Å². The highest BCUT2D eigenvalue weighted by molar-refractivity contribution is 9.09. The Morgan fingerprint density at radius 1 is 1.21 bits per heavy atom. The van der Waals surface area contributed by atoms with E-state index in [1.807, 2.05) is 0 Å². The fourth-order valence-electron chi connectivity index (χ4n) is 2.95. The molecule has 0 saturated heterocycles. The van der Waals surface area contributed by atoms with Gasteiger partial charge in [-0.2, -0.15) is 5.26 Å². The Bertz CT molecular complexity index is 252. The van der Waals surface area contributed by atoms with Gasteiger partial charge in [0, 0.05) is 31.4 Å². The summed E-state index contributed by atoms with van der Waals surface area (Å²) in [6.07, 6.45) is 5.66. The van der Waals surface area contributed by atoms with Crippen molar-refractivity contribution < 1.29 is 0 Å². The summed E-state index contributed by atoms with van der Waals surface area (Å²) in [5.74, 6) is 0.662. The van der Waals surface area contributed by atoms with E-state index >= 15 is 0 Å². The van der Waals surface area contributed by atoms with Gasteiger partial charge in [-0.3, -0.25) is 0 Å². The molecule has 0 heterocycles. The van der Waals surface area contributed by atoms with Crippen LogP contribution in [0.25, 0.3) is 0 Å². The molecule has 0 fully saturated rings. The van der Waals surface area contributed by atoms with E-state index in [4.69, 9.17) is 5.26 Å². The van der Waals surface area contributed by atoms with Crippen LogP contribution < -0.4 is 0 Å². The van der Waals surface area contributed by atoms with Gasteiger partial charge in [-0.1, -0.05) is 56.5 Å². The maximum Gasteiger partial charge on any atom is 0.0635 e. The predicted molar refractivity (Wildman–Crippen MR) is 87.6 cm³/mol. The molecule has 0 aliphatic rings. The molecule has 0 radical (unpaired) electrons. The molecule has 0 saturated carbocycles. The minimum Gasteiger partial charge on any atom is -0.301 e. The summed E-state index contributed by atoms with van der Waals surface area (Å²) in [6.45, 7) is 12.2. The van der Waals surface area contributed by atoms with E-state index in [0.29, 0.717) is 17.8 Å². The number of nitriles is 1. The molecule has 2 nitrogen and oxygen atoms in total. The van der Waals surface area contributed by atoms with Gasteiger partial charge < -0.3 is 4.90 Å². The smallest absolute Gasteiger partial charge is 0.0635 e. The Morgan fingerprint density at radius 3 is 2.16 bits per heavy atom. The number of alkyl halides is 1. The SMILES string of the molecule is CCCC(CBr)(CCC)CN(CCC#N)CC(C)C. The van der Waals surface area contributed by atoms with E-state index < -0.39 is 0 Å². The van der Waals surface area contributed by atoms with Gasteiger partial charge in [-0.25, -0.2) is 0 Å². The highest BCUT2D eigenvalue weighted by Crippen LogP contribution is 2.33. The first-order valence-electron chi connectivity index (χ1n) is 7.68. The van der Waals surface area contributed by atoms with Crippen LogP contribution in [-0.2, 0) is 0 Å². The van der Waals surface area contributed by atoms with E-state index in [1.54, 1.807) is 0 Å². The predicted octanol–water partition coefficient (Wildman–Crippen LogP) is 4.84. The highest BCUT2D eigenvalue weighted by atomic mass is 79.9. The number of halogens is 1. The molecule has 0 rings (SSSR count). The van der Waals surface area contributed by atoms with E-state index in [9.17, 15) is 0 Å². The molecule has 0 aromatic carbocycles. The number of nitrogens with zero attached hydrogens (tertiary/aromatic N) is 2. The van der Waals surface area contributed by atoms with Crippen LogP contribution in [0.15, 0.2) is 0 Å². The van der Waals surface area contributed by atoms with Crippen LogP contribution in [0.2, 0.25) is 0 Å². The van der Waals surface area contributed by atoms with Gasteiger partial charge in [0.2, 0.25) is 0 Å². The molecule has 0 atom stereocenters.